The lowest BCUT2D eigenvalue weighted by Crippen LogP contribution is -2.30. The van der Waals surface area contributed by atoms with Crippen molar-refractivity contribution in [1.29, 1.82) is 0 Å². The Labute approximate surface area is 212 Å². The zero-order chi connectivity index (χ0) is 25.4. The lowest BCUT2D eigenvalue weighted by atomic mass is 9.97. The number of rotatable bonds is 5. The van der Waals surface area contributed by atoms with E-state index in [1.165, 1.54) is 25.2 Å². The second-order valence-corrected chi connectivity index (χ2v) is 8.79. The van der Waals surface area contributed by atoms with E-state index in [0.717, 1.165) is 11.1 Å². The molecule has 180 valence electrons. The van der Waals surface area contributed by atoms with Crippen LogP contribution in [-0.4, -0.2) is 36.0 Å². The molecule has 1 saturated heterocycles. The van der Waals surface area contributed by atoms with Gasteiger partial charge in [-0.1, -0.05) is 41.4 Å². The van der Waals surface area contributed by atoms with Crippen LogP contribution in [0.4, 0.5) is 5.69 Å². The van der Waals surface area contributed by atoms with Crippen molar-refractivity contribution >= 4 is 46.3 Å². The number of Topliss-reactive ketones (excluding diaryl/α,β-unsaturated/α-hetero) is 1. The van der Waals surface area contributed by atoms with Gasteiger partial charge >= 0.3 is 0 Å². The summed E-state index contributed by atoms with van der Waals surface area (Å²) in [5.74, 6) is -1.96. The molecule has 1 atom stereocenters. The molecule has 1 unspecified atom stereocenters. The monoisotopic (exact) mass is 512 g/mol. The number of amides is 1. The average molecular weight is 513 g/mol. The van der Waals surface area contributed by atoms with E-state index in [2.05, 4.69) is 4.98 Å². The molecule has 2 aromatic carbocycles. The fourth-order valence-electron chi connectivity index (χ4n) is 4.17. The Hall–Kier alpha value is -3.55. The molecule has 3 aromatic rings. The van der Waals surface area contributed by atoms with Crippen molar-refractivity contribution < 1.29 is 24.2 Å². The summed E-state index contributed by atoms with van der Waals surface area (Å²) in [4.78, 5) is 32.5. The van der Waals surface area contributed by atoms with Crippen LogP contribution < -0.4 is 14.4 Å². The summed E-state index contributed by atoms with van der Waals surface area (Å²) < 4.78 is 10.6. The van der Waals surface area contributed by atoms with Gasteiger partial charge in [0.2, 0.25) is 0 Å². The highest BCUT2D eigenvalue weighted by Gasteiger charge is 2.48. The van der Waals surface area contributed by atoms with Crippen LogP contribution >= 0.6 is 23.2 Å². The lowest BCUT2D eigenvalue weighted by molar-refractivity contribution is -0.132. The Bertz CT molecular complexity index is 1370. The summed E-state index contributed by atoms with van der Waals surface area (Å²) in [6.07, 6.45) is 1.56. The summed E-state index contributed by atoms with van der Waals surface area (Å²) in [6, 6.07) is 11.1. The van der Waals surface area contributed by atoms with Crippen LogP contribution in [0.5, 0.6) is 11.5 Å². The number of aromatic nitrogens is 1. The second kappa shape index (κ2) is 9.60. The highest BCUT2D eigenvalue weighted by Crippen LogP contribution is 2.48. The van der Waals surface area contributed by atoms with E-state index in [9.17, 15) is 14.7 Å². The van der Waals surface area contributed by atoms with Crippen LogP contribution in [-0.2, 0) is 9.59 Å². The van der Waals surface area contributed by atoms with Crippen LogP contribution in [0.25, 0.3) is 5.76 Å². The van der Waals surface area contributed by atoms with Gasteiger partial charge in [0.25, 0.3) is 11.7 Å². The number of aliphatic hydroxyl groups excluding tert-OH is 1. The molecule has 1 aliphatic rings. The first kappa shape index (κ1) is 24.6. The van der Waals surface area contributed by atoms with Crippen molar-refractivity contribution in [2.24, 2.45) is 0 Å². The van der Waals surface area contributed by atoms with Crippen molar-refractivity contribution in [1.82, 2.24) is 4.98 Å². The Morgan fingerprint density at radius 1 is 1.03 bits per heavy atom. The fourth-order valence-corrected chi connectivity index (χ4v) is 4.86. The smallest absolute Gasteiger partial charge is 0.300 e. The summed E-state index contributed by atoms with van der Waals surface area (Å²) >= 11 is 12.7. The van der Waals surface area contributed by atoms with Gasteiger partial charge in [-0.2, -0.15) is 0 Å². The van der Waals surface area contributed by atoms with Crippen molar-refractivity contribution in [3.8, 4) is 11.5 Å². The van der Waals surface area contributed by atoms with E-state index in [-0.39, 0.29) is 32.7 Å². The number of ketones is 1. The van der Waals surface area contributed by atoms with Crippen molar-refractivity contribution in [3.63, 3.8) is 0 Å². The van der Waals surface area contributed by atoms with Crippen molar-refractivity contribution in [2.75, 3.05) is 19.1 Å². The average Bonchev–Trinajstić information content (AvgIpc) is 3.11. The van der Waals surface area contributed by atoms with Gasteiger partial charge in [0.15, 0.2) is 11.5 Å². The topological polar surface area (TPSA) is 89.0 Å². The van der Waals surface area contributed by atoms with Gasteiger partial charge in [0.05, 0.1) is 36.1 Å². The molecular formula is C26H22Cl2N2O5. The number of anilines is 1. The van der Waals surface area contributed by atoms with E-state index >= 15 is 0 Å². The molecule has 1 aromatic heterocycles. The molecule has 1 aliphatic heterocycles. The Morgan fingerprint density at radius 3 is 2.37 bits per heavy atom. The minimum atomic E-state index is -0.999. The van der Waals surface area contributed by atoms with E-state index in [0.29, 0.717) is 11.4 Å². The van der Waals surface area contributed by atoms with Crippen LogP contribution in [0, 0.1) is 13.8 Å². The molecule has 7 nitrogen and oxygen atoms in total. The highest BCUT2D eigenvalue weighted by atomic mass is 35.5. The molecule has 0 radical (unpaired) electrons. The summed E-state index contributed by atoms with van der Waals surface area (Å²) in [5, 5.41) is 11.6. The van der Waals surface area contributed by atoms with Gasteiger partial charge in [-0.05, 0) is 49.2 Å². The Balaban J connectivity index is 2.04. The molecule has 35 heavy (non-hydrogen) atoms. The fraction of sp³-hybridized carbons (Fsp3) is 0.192. The number of halogens is 2. The predicted octanol–water partition coefficient (Wildman–Crippen LogP) is 5.65. The van der Waals surface area contributed by atoms with E-state index in [1.54, 1.807) is 24.4 Å². The van der Waals surface area contributed by atoms with Gasteiger partial charge in [-0.15, -0.1) is 0 Å². The Morgan fingerprint density at radius 2 is 1.74 bits per heavy atom. The quantitative estimate of drug-likeness (QED) is 0.270. The third-order valence-electron chi connectivity index (χ3n) is 5.83. The van der Waals surface area contributed by atoms with E-state index < -0.39 is 23.5 Å². The first-order valence-electron chi connectivity index (χ1n) is 10.6. The standard InChI is InChI=1S/C26H22Cl2N2O5/c1-13-8-9-14(2)18(11-13)30-21(17-7-5-6-10-29-17)19(23(32)26(30)33)22(31)15-12-16(27)25(35-4)20(28)24(15)34-3/h5-12,21,31H,1-4H3/b22-19+. The lowest BCUT2D eigenvalue weighted by Gasteiger charge is -2.26. The van der Waals surface area contributed by atoms with Crippen molar-refractivity contribution in [2.45, 2.75) is 19.9 Å². The molecule has 0 spiro atoms. The van der Waals surface area contributed by atoms with Crippen LogP contribution in [0.2, 0.25) is 10.0 Å². The molecule has 1 fully saturated rings. The maximum atomic E-state index is 13.4. The minimum Gasteiger partial charge on any atom is -0.507 e. The van der Waals surface area contributed by atoms with E-state index in [1.807, 2.05) is 32.0 Å². The SMILES string of the molecule is COc1c(Cl)cc(/C(O)=C2\C(=O)C(=O)N(c3cc(C)ccc3C)C2c2ccccn2)c(OC)c1Cl. The minimum absolute atomic E-state index is 0.0159. The normalized spacial score (nSPS) is 17.1. The summed E-state index contributed by atoms with van der Waals surface area (Å²) in [5.41, 5.74) is 2.51. The summed E-state index contributed by atoms with van der Waals surface area (Å²) in [7, 11) is 2.75. The number of ether oxygens (including phenoxy) is 2. The molecule has 0 bridgehead atoms. The molecule has 4 rings (SSSR count). The number of nitrogens with zero attached hydrogens (tertiary/aromatic N) is 2. The number of hydrogen-bond acceptors (Lipinski definition) is 6. The number of carbonyl (C=O) groups is 2. The number of pyridine rings is 1. The van der Waals surface area contributed by atoms with Gasteiger partial charge in [0, 0.05) is 11.9 Å². The first-order chi connectivity index (χ1) is 16.7. The third kappa shape index (κ3) is 4.11. The molecule has 9 heteroatoms. The van der Waals surface area contributed by atoms with Gasteiger partial charge in [-0.3, -0.25) is 19.5 Å². The maximum absolute atomic E-state index is 13.4. The number of benzene rings is 2. The van der Waals surface area contributed by atoms with E-state index in [4.69, 9.17) is 32.7 Å². The Kier molecular flexibility index (Phi) is 6.74. The number of methoxy groups -OCH3 is 2. The first-order valence-corrected chi connectivity index (χ1v) is 11.4. The largest absolute Gasteiger partial charge is 0.507 e. The zero-order valence-electron chi connectivity index (χ0n) is 19.4. The van der Waals surface area contributed by atoms with Crippen molar-refractivity contribution in [3.05, 3.63) is 86.7 Å². The van der Waals surface area contributed by atoms with Gasteiger partial charge in [-0.25, -0.2) is 0 Å². The maximum Gasteiger partial charge on any atom is 0.300 e. The number of carbonyl (C=O) groups excluding carboxylic acids is 2. The zero-order valence-corrected chi connectivity index (χ0v) is 20.9. The number of aliphatic hydroxyl groups is 1. The summed E-state index contributed by atoms with van der Waals surface area (Å²) in [6.45, 7) is 3.73. The third-order valence-corrected chi connectivity index (χ3v) is 6.46. The molecule has 0 saturated carbocycles. The number of hydrogen-bond donors (Lipinski definition) is 1. The molecule has 1 amide bonds. The molecular weight excluding hydrogens is 491 g/mol. The molecule has 0 aliphatic carbocycles. The van der Waals surface area contributed by atoms with Gasteiger partial charge in [0.1, 0.15) is 16.8 Å². The van der Waals surface area contributed by atoms with Crippen LogP contribution in [0.15, 0.2) is 54.2 Å². The molecule has 2 heterocycles. The van der Waals surface area contributed by atoms with Gasteiger partial charge < -0.3 is 14.6 Å². The second-order valence-electron chi connectivity index (χ2n) is 8.00. The van der Waals surface area contributed by atoms with Crippen LogP contribution in [0.3, 0.4) is 0 Å². The molecule has 1 N–H and O–H groups in total. The number of aryl methyl sites for hydroxylation is 2. The van der Waals surface area contributed by atoms with Crippen LogP contribution in [0.1, 0.15) is 28.4 Å². The predicted molar refractivity (Wildman–Crippen MR) is 135 cm³/mol. The highest BCUT2D eigenvalue weighted by molar-refractivity contribution is 6.52.